The molecule has 1 aromatic carbocycles. The van der Waals surface area contributed by atoms with Crippen molar-refractivity contribution in [3.63, 3.8) is 0 Å². The van der Waals surface area contributed by atoms with Gasteiger partial charge in [-0.25, -0.2) is 9.37 Å². The summed E-state index contributed by atoms with van der Waals surface area (Å²) in [5.41, 5.74) is 0.681. The topological polar surface area (TPSA) is 52.3 Å². The van der Waals surface area contributed by atoms with Gasteiger partial charge in [0.15, 0.2) is 29.5 Å². The zero-order chi connectivity index (χ0) is 12.4. The minimum atomic E-state index is -0.512. The minimum Gasteiger partial charge on any atom is -0.493 e. The van der Waals surface area contributed by atoms with Crippen LogP contribution in [0.15, 0.2) is 29.0 Å². The third-order valence-electron chi connectivity index (χ3n) is 2.31. The van der Waals surface area contributed by atoms with Gasteiger partial charge in [0, 0.05) is 12.5 Å². The van der Waals surface area contributed by atoms with E-state index >= 15 is 0 Å². The maximum atomic E-state index is 13.5. The number of rotatable bonds is 3. The summed E-state index contributed by atoms with van der Waals surface area (Å²) in [5, 5.41) is 0. The molecule has 0 spiro atoms. The van der Waals surface area contributed by atoms with E-state index in [0.29, 0.717) is 5.56 Å². The van der Waals surface area contributed by atoms with Gasteiger partial charge in [-0.3, -0.25) is 4.79 Å². The standard InChI is InChI=1S/C12H10FNO3/c1-7(15)11-10(14-6-17-11)8-4-3-5-9(13)12(8)16-2/h3-6H,1-2H3. The third kappa shape index (κ3) is 1.91. The lowest BCUT2D eigenvalue weighted by Gasteiger charge is -2.07. The van der Waals surface area contributed by atoms with Crippen molar-refractivity contribution in [3.8, 4) is 17.0 Å². The van der Waals surface area contributed by atoms with Gasteiger partial charge in [-0.05, 0) is 12.1 Å². The molecular formula is C12H10FNO3. The Morgan fingerprint density at radius 3 is 2.88 bits per heavy atom. The molecule has 2 aromatic rings. The molecule has 0 aliphatic rings. The number of oxazole rings is 1. The first-order chi connectivity index (χ1) is 8.15. The maximum Gasteiger partial charge on any atom is 0.197 e. The summed E-state index contributed by atoms with van der Waals surface area (Å²) >= 11 is 0. The molecule has 0 amide bonds. The summed E-state index contributed by atoms with van der Waals surface area (Å²) in [6.45, 7) is 1.36. The van der Waals surface area contributed by atoms with Crippen molar-refractivity contribution in [3.05, 3.63) is 36.2 Å². The van der Waals surface area contributed by atoms with Crippen LogP contribution in [0.25, 0.3) is 11.3 Å². The third-order valence-corrected chi connectivity index (χ3v) is 2.31. The number of para-hydroxylation sites is 1. The predicted molar refractivity (Wildman–Crippen MR) is 58.5 cm³/mol. The van der Waals surface area contributed by atoms with E-state index in [2.05, 4.69) is 4.98 Å². The normalized spacial score (nSPS) is 10.3. The summed E-state index contributed by atoms with van der Waals surface area (Å²) in [6, 6.07) is 4.41. The zero-order valence-electron chi connectivity index (χ0n) is 9.36. The average molecular weight is 235 g/mol. The number of hydrogen-bond donors (Lipinski definition) is 0. The molecule has 1 aromatic heterocycles. The van der Waals surface area contributed by atoms with Gasteiger partial charge in [0.1, 0.15) is 5.69 Å². The molecule has 0 N–H and O–H groups in total. The number of halogens is 1. The molecule has 0 fully saturated rings. The molecule has 1 heterocycles. The molecule has 0 atom stereocenters. The van der Waals surface area contributed by atoms with E-state index in [0.717, 1.165) is 6.39 Å². The minimum absolute atomic E-state index is 0.0453. The van der Waals surface area contributed by atoms with E-state index in [4.69, 9.17) is 9.15 Å². The average Bonchev–Trinajstić information content (AvgIpc) is 2.77. The Labute approximate surface area is 97.0 Å². The predicted octanol–water partition coefficient (Wildman–Crippen LogP) is 2.69. The molecule has 17 heavy (non-hydrogen) atoms. The van der Waals surface area contributed by atoms with Crippen molar-refractivity contribution in [2.75, 3.05) is 7.11 Å². The molecule has 0 unspecified atom stereocenters. The van der Waals surface area contributed by atoms with Crippen molar-refractivity contribution in [2.24, 2.45) is 0 Å². The van der Waals surface area contributed by atoms with Crippen molar-refractivity contribution in [1.29, 1.82) is 0 Å². The highest BCUT2D eigenvalue weighted by Gasteiger charge is 2.19. The molecule has 2 rings (SSSR count). The van der Waals surface area contributed by atoms with E-state index in [-0.39, 0.29) is 23.0 Å². The number of benzene rings is 1. The van der Waals surface area contributed by atoms with Crippen molar-refractivity contribution in [1.82, 2.24) is 4.98 Å². The number of hydrogen-bond acceptors (Lipinski definition) is 4. The fraction of sp³-hybridized carbons (Fsp3) is 0.167. The van der Waals surface area contributed by atoms with Gasteiger partial charge in [0.05, 0.1) is 7.11 Å². The highest BCUT2D eigenvalue weighted by molar-refractivity contribution is 5.97. The molecule has 0 saturated heterocycles. The van der Waals surface area contributed by atoms with Crippen molar-refractivity contribution < 1.29 is 18.3 Å². The van der Waals surface area contributed by atoms with Crippen LogP contribution in [-0.4, -0.2) is 17.9 Å². The van der Waals surface area contributed by atoms with E-state index in [9.17, 15) is 9.18 Å². The van der Waals surface area contributed by atoms with E-state index in [1.807, 2.05) is 0 Å². The first-order valence-electron chi connectivity index (χ1n) is 4.92. The van der Waals surface area contributed by atoms with E-state index < -0.39 is 5.82 Å². The molecule has 88 valence electrons. The SMILES string of the molecule is COc1c(F)cccc1-c1ncoc1C(C)=O. The quantitative estimate of drug-likeness (QED) is 0.767. The summed E-state index contributed by atoms with van der Waals surface area (Å²) in [7, 11) is 1.36. The Hall–Kier alpha value is -2.17. The summed E-state index contributed by atoms with van der Waals surface area (Å²) in [6.07, 6.45) is 1.15. The molecule has 0 radical (unpaired) electrons. The first-order valence-corrected chi connectivity index (χ1v) is 4.92. The monoisotopic (exact) mass is 235 g/mol. The zero-order valence-corrected chi connectivity index (χ0v) is 9.36. The second kappa shape index (κ2) is 4.37. The fourth-order valence-corrected chi connectivity index (χ4v) is 1.59. The Morgan fingerprint density at radius 2 is 2.24 bits per heavy atom. The lowest BCUT2D eigenvalue weighted by atomic mass is 10.1. The number of carbonyl (C=O) groups excluding carboxylic acids is 1. The van der Waals surface area contributed by atoms with Gasteiger partial charge in [-0.1, -0.05) is 6.07 Å². The Bertz CT molecular complexity index is 563. The highest BCUT2D eigenvalue weighted by Crippen LogP contribution is 2.33. The lowest BCUT2D eigenvalue weighted by Crippen LogP contribution is -1.97. The van der Waals surface area contributed by atoms with Crippen LogP contribution in [0.5, 0.6) is 5.75 Å². The number of carbonyl (C=O) groups is 1. The van der Waals surface area contributed by atoms with Crippen LogP contribution >= 0.6 is 0 Å². The molecule has 5 heteroatoms. The number of Topliss-reactive ketones (excluding diaryl/α,β-unsaturated/α-hetero) is 1. The van der Waals surface area contributed by atoms with Gasteiger partial charge >= 0.3 is 0 Å². The maximum absolute atomic E-state index is 13.5. The lowest BCUT2D eigenvalue weighted by molar-refractivity contribution is 0.0988. The van der Waals surface area contributed by atoms with Crippen LogP contribution in [0.4, 0.5) is 4.39 Å². The van der Waals surface area contributed by atoms with Crippen LogP contribution in [0, 0.1) is 5.82 Å². The smallest absolute Gasteiger partial charge is 0.197 e. The number of methoxy groups -OCH3 is 1. The molecular weight excluding hydrogens is 225 g/mol. The van der Waals surface area contributed by atoms with Crippen LogP contribution in [-0.2, 0) is 0 Å². The van der Waals surface area contributed by atoms with E-state index in [1.165, 1.54) is 26.2 Å². The Kier molecular flexibility index (Phi) is 2.91. The largest absolute Gasteiger partial charge is 0.493 e. The Balaban J connectivity index is 2.64. The number of nitrogens with zero attached hydrogens (tertiary/aromatic N) is 1. The van der Waals surface area contributed by atoms with Crippen molar-refractivity contribution in [2.45, 2.75) is 6.92 Å². The van der Waals surface area contributed by atoms with Crippen LogP contribution in [0.3, 0.4) is 0 Å². The summed E-state index contributed by atoms with van der Waals surface area (Å²) in [5.74, 6) is -0.649. The number of ether oxygens (including phenoxy) is 1. The molecule has 4 nitrogen and oxygen atoms in total. The van der Waals surface area contributed by atoms with Gasteiger partial charge in [0.2, 0.25) is 0 Å². The highest BCUT2D eigenvalue weighted by atomic mass is 19.1. The number of aromatic nitrogens is 1. The fourth-order valence-electron chi connectivity index (χ4n) is 1.59. The van der Waals surface area contributed by atoms with Crippen LogP contribution < -0.4 is 4.74 Å². The summed E-state index contributed by atoms with van der Waals surface area (Å²) in [4.78, 5) is 15.2. The van der Waals surface area contributed by atoms with Crippen LogP contribution in [0.1, 0.15) is 17.5 Å². The molecule has 0 bridgehead atoms. The van der Waals surface area contributed by atoms with Gasteiger partial charge in [-0.2, -0.15) is 0 Å². The number of ketones is 1. The van der Waals surface area contributed by atoms with Gasteiger partial charge in [0.25, 0.3) is 0 Å². The van der Waals surface area contributed by atoms with Gasteiger partial charge in [-0.15, -0.1) is 0 Å². The van der Waals surface area contributed by atoms with Crippen molar-refractivity contribution >= 4 is 5.78 Å². The molecule has 0 aliphatic carbocycles. The second-order valence-corrected chi connectivity index (χ2v) is 3.41. The molecule has 0 aliphatic heterocycles. The van der Waals surface area contributed by atoms with Gasteiger partial charge < -0.3 is 9.15 Å². The van der Waals surface area contributed by atoms with Crippen LogP contribution in [0.2, 0.25) is 0 Å². The second-order valence-electron chi connectivity index (χ2n) is 3.41. The van der Waals surface area contributed by atoms with E-state index in [1.54, 1.807) is 6.07 Å². The summed E-state index contributed by atoms with van der Waals surface area (Å²) < 4.78 is 23.5. The Morgan fingerprint density at radius 1 is 1.47 bits per heavy atom. The first kappa shape index (κ1) is 11.3. The molecule has 0 saturated carbocycles.